The number of hydrogen-bond acceptors (Lipinski definition) is 3. The summed E-state index contributed by atoms with van der Waals surface area (Å²) in [6.07, 6.45) is 2.41. The molecular weight excluding hydrogens is 210 g/mol. The van der Waals surface area contributed by atoms with Crippen molar-refractivity contribution in [2.75, 3.05) is 6.26 Å². The third-order valence-electron chi connectivity index (χ3n) is 2.05. The Morgan fingerprint density at radius 1 is 1.60 bits per heavy atom. The Hall–Kier alpha value is -1.47. The van der Waals surface area contributed by atoms with E-state index >= 15 is 0 Å². The molecule has 0 radical (unpaired) electrons. The minimum Gasteiger partial charge on any atom is -0.481 e. The van der Waals surface area contributed by atoms with Gasteiger partial charge < -0.3 is 5.11 Å². The molecule has 0 amide bonds. The first-order valence-electron chi connectivity index (χ1n) is 4.46. The number of rotatable bonds is 4. The van der Waals surface area contributed by atoms with E-state index in [0.29, 0.717) is 12.0 Å². The monoisotopic (exact) mass is 221 g/mol. The van der Waals surface area contributed by atoms with Crippen molar-refractivity contribution in [1.29, 1.82) is 5.26 Å². The number of aryl methyl sites for hydroxylation is 1. The Morgan fingerprint density at radius 3 is 2.87 bits per heavy atom. The number of carbonyl (C=O) groups is 1. The molecule has 0 heterocycles. The molecule has 1 rings (SSSR count). The number of benzene rings is 1. The Morgan fingerprint density at radius 2 is 2.33 bits per heavy atom. The van der Waals surface area contributed by atoms with Gasteiger partial charge in [0.1, 0.15) is 0 Å². The van der Waals surface area contributed by atoms with Gasteiger partial charge in [-0.15, -0.1) is 11.8 Å². The van der Waals surface area contributed by atoms with Crippen LogP contribution in [0.15, 0.2) is 23.1 Å². The number of carboxylic acids is 1. The molecule has 0 fully saturated rings. The molecule has 15 heavy (non-hydrogen) atoms. The van der Waals surface area contributed by atoms with Gasteiger partial charge in [-0.2, -0.15) is 5.26 Å². The first-order valence-corrected chi connectivity index (χ1v) is 5.68. The number of hydrogen-bond donors (Lipinski definition) is 1. The Bertz CT molecular complexity index is 410. The van der Waals surface area contributed by atoms with E-state index in [1.54, 1.807) is 17.8 Å². The van der Waals surface area contributed by atoms with Crippen molar-refractivity contribution in [3.8, 4) is 6.07 Å². The highest BCUT2D eigenvalue weighted by Gasteiger charge is 2.05. The van der Waals surface area contributed by atoms with E-state index in [0.717, 1.165) is 10.5 Å². The topological polar surface area (TPSA) is 61.1 Å². The molecule has 3 nitrogen and oxygen atoms in total. The highest BCUT2D eigenvalue weighted by molar-refractivity contribution is 7.98. The third-order valence-corrected chi connectivity index (χ3v) is 2.77. The van der Waals surface area contributed by atoms with Crippen LogP contribution in [0.25, 0.3) is 0 Å². The van der Waals surface area contributed by atoms with Crippen molar-refractivity contribution in [2.45, 2.75) is 17.7 Å². The van der Waals surface area contributed by atoms with Gasteiger partial charge in [-0.3, -0.25) is 4.79 Å². The standard InChI is InChI=1S/C11H11NO2S/c1-15-10-4-2-8(3-5-11(13)14)9(6-10)7-12/h2,4,6H,3,5H2,1H3,(H,13,14). The lowest BCUT2D eigenvalue weighted by Crippen LogP contribution is -1.99. The molecule has 0 saturated carbocycles. The summed E-state index contributed by atoms with van der Waals surface area (Å²) in [6.45, 7) is 0. The van der Waals surface area contributed by atoms with Crippen molar-refractivity contribution in [2.24, 2.45) is 0 Å². The Kier molecular flexibility index (Phi) is 4.19. The summed E-state index contributed by atoms with van der Waals surface area (Å²) >= 11 is 1.56. The summed E-state index contributed by atoms with van der Waals surface area (Å²) in [7, 11) is 0. The molecule has 0 spiro atoms. The van der Waals surface area contributed by atoms with E-state index in [1.807, 2.05) is 18.4 Å². The van der Waals surface area contributed by atoms with Gasteiger partial charge in [-0.05, 0) is 30.4 Å². The van der Waals surface area contributed by atoms with Crippen molar-refractivity contribution in [3.05, 3.63) is 29.3 Å². The second-order valence-corrected chi connectivity index (χ2v) is 3.91. The molecule has 0 aliphatic heterocycles. The van der Waals surface area contributed by atoms with E-state index in [9.17, 15) is 4.79 Å². The Labute approximate surface area is 92.7 Å². The number of carboxylic acid groups (broad SMARTS) is 1. The SMILES string of the molecule is CSc1ccc(CCC(=O)O)c(C#N)c1. The minimum atomic E-state index is -0.840. The molecular formula is C11H11NO2S. The van der Waals surface area contributed by atoms with Crippen LogP contribution in [0, 0.1) is 11.3 Å². The van der Waals surface area contributed by atoms with Gasteiger partial charge in [0.15, 0.2) is 0 Å². The van der Waals surface area contributed by atoms with Crippen LogP contribution in [0.3, 0.4) is 0 Å². The molecule has 0 aromatic heterocycles. The summed E-state index contributed by atoms with van der Waals surface area (Å²) < 4.78 is 0. The molecule has 0 saturated heterocycles. The van der Waals surface area contributed by atoms with Gasteiger partial charge in [-0.1, -0.05) is 6.07 Å². The molecule has 1 aromatic rings. The second-order valence-electron chi connectivity index (χ2n) is 3.03. The largest absolute Gasteiger partial charge is 0.481 e. The molecule has 1 aromatic carbocycles. The first-order chi connectivity index (χ1) is 7.17. The summed E-state index contributed by atoms with van der Waals surface area (Å²) in [5.74, 6) is -0.840. The number of thioether (sulfide) groups is 1. The molecule has 0 unspecified atom stereocenters. The predicted octanol–water partition coefficient (Wildman–Crippen LogP) is 2.30. The zero-order chi connectivity index (χ0) is 11.3. The normalized spacial score (nSPS) is 9.60. The van der Waals surface area contributed by atoms with Gasteiger partial charge in [0.05, 0.1) is 11.6 Å². The maximum Gasteiger partial charge on any atom is 0.303 e. The average molecular weight is 221 g/mol. The van der Waals surface area contributed by atoms with Gasteiger partial charge in [0.25, 0.3) is 0 Å². The van der Waals surface area contributed by atoms with Crippen LogP contribution < -0.4 is 0 Å². The fourth-order valence-corrected chi connectivity index (χ4v) is 1.69. The number of nitriles is 1. The van der Waals surface area contributed by atoms with Crippen molar-refractivity contribution in [1.82, 2.24) is 0 Å². The van der Waals surface area contributed by atoms with Gasteiger partial charge >= 0.3 is 5.97 Å². The number of aliphatic carboxylic acids is 1. The Balaban J connectivity index is 2.89. The summed E-state index contributed by atoms with van der Waals surface area (Å²) in [5.41, 5.74) is 1.38. The second kappa shape index (κ2) is 5.42. The number of nitrogens with zero attached hydrogens (tertiary/aromatic N) is 1. The maximum absolute atomic E-state index is 10.4. The van der Waals surface area contributed by atoms with Crippen molar-refractivity contribution < 1.29 is 9.90 Å². The molecule has 0 aliphatic rings. The molecule has 0 atom stereocenters. The van der Waals surface area contributed by atoms with Crippen LogP contribution in [0.5, 0.6) is 0 Å². The summed E-state index contributed by atoms with van der Waals surface area (Å²) in [4.78, 5) is 11.4. The average Bonchev–Trinajstić information content (AvgIpc) is 2.25. The van der Waals surface area contributed by atoms with Crippen molar-refractivity contribution >= 4 is 17.7 Å². The van der Waals surface area contributed by atoms with E-state index in [4.69, 9.17) is 10.4 Å². The summed E-state index contributed by atoms with van der Waals surface area (Å²) in [6, 6.07) is 7.61. The quantitative estimate of drug-likeness (QED) is 0.792. The van der Waals surface area contributed by atoms with Crippen molar-refractivity contribution in [3.63, 3.8) is 0 Å². The van der Waals surface area contributed by atoms with Crippen LogP contribution in [-0.4, -0.2) is 17.3 Å². The van der Waals surface area contributed by atoms with Gasteiger partial charge in [0, 0.05) is 11.3 Å². The van der Waals surface area contributed by atoms with Gasteiger partial charge in [-0.25, -0.2) is 0 Å². The highest BCUT2D eigenvalue weighted by atomic mass is 32.2. The van der Waals surface area contributed by atoms with E-state index < -0.39 is 5.97 Å². The van der Waals surface area contributed by atoms with Crippen LogP contribution in [0.1, 0.15) is 17.5 Å². The molecule has 0 aliphatic carbocycles. The molecule has 1 N–H and O–H groups in total. The van der Waals surface area contributed by atoms with Crippen LogP contribution >= 0.6 is 11.8 Å². The fraction of sp³-hybridized carbons (Fsp3) is 0.273. The zero-order valence-electron chi connectivity index (χ0n) is 8.36. The lowest BCUT2D eigenvalue weighted by atomic mass is 10.0. The third kappa shape index (κ3) is 3.30. The predicted molar refractivity (Wildman–Crippen MR) is 58.9 cm³/mol. The summed E-state index contributed by atoms with van der Waals surface area (Å²) in [5, 5.41) is 17.4. The maximum atomic E-state index is 10.4. The molecule has 78 valence electrons. The first kappa shape index (κ1) is 11.6. The smallest absolute Gasteiger partial charge is 0.303 e. The molecule has 0 bridgehead atoms. The lowest BCUT2D eigenvalue weighted by Gasteiger charge is -2.03. The lowest BCUT2D eigenvalue weighted by molar-refractivity contribution is -0.136. The van der Waals surface area contributed by atoms with Gasteiger partial charge in [0.2, 0.25) is 0 Å². The van der Waals surface area contributed by atoms with Crippen LogP contribution in [0.2, 0.25) is 0 Å². The van der Waals surface area contributed by atoms with E-state index in [-0.39, 0.29) is 6.42 Å². The van der Waals surface area contributed by atoms with E-state index in [1.165, 1.54) is 0 Å². The zero-order valence-corrected chi connectivity index (χ0v) is 9.17. The van der Waals surface area contributed by atoms with Crippen LogP contribution in [-0.2, 0) is 11.2 Å². The van der Waals surface area contributed by atoms with E-state index in [2.05, 4.69) is 6.07 Å². The highest BCUT2D eigenvalue weighted by Crippen LogP contribution is 2.19. The van der Waals surface area contributed by atoms with Crippen LogP contribution in [0.4, 0.5) is 0 Å². The minimum absolute atomic E-state index is 0.0628. The fourth-order valence-electron chi connectivity index (χ4n) is 1.25. The molecule has 4 heteroatoms.